The second-order valence-corrected chi connectivity index (χ2v) is 7.69. The Morgan fingerprint density at radius 2 is 2.17 bits per heavy atom. The number of nitrogens with two attached hydrogens (primary N) is 1. The van der Waals surface area contributed by atoms with Gasteiger partial charge in [0.05, 0.1) is 22.1 Å². The molecular formula is C10H12N2O4S2. The van der Waals surface area contributed by atoms with Crippen LogP contribution in [0.1, 0.15) is 6.42 Å². The summed E-state index contributed by atoms with van der Waals surface area (Å²) in [4.78, 5) is 10.7. The van der Waals surface area contributed by atoms with E-state index in [0.717, 1.165) is 0 Å². The molecule has 0 spiro atoms. The summed E-state index contributed by atoms with van der Waals surface area (Å²) < 4.78 is 22.7. The number of hydrogen-bond donors (Lipinski definition) is 1. The van der Waals surface area contributed by atoms with E-state index in [2.05, 4.69) is 0 Å². The summed E-state index contributed by atoms with van der Waals surface area (Å²) >= 11 is 1.37. The maximum absolute atomic E-state index is 11.3. The molecule has 1 aromatic rings. The fourth-order valence-corrected chi connectivity index (χ4v) is 5.31. The van der Waals surface area contributed by atoms with Crippen molar-refractivity contribution in [1.82, 2.24) is 0 Å². The van der Waals surface area contributed by atoms with E-state index in [0.29, 0.717) is 17.0 Å². The first-order chi connectivity index (χ1) is 8.37. The predicted molar refractivity (Wildman–Crippen MR) is 70.4 cm³/mol. The Labute approximate surface area is 109 Å². The predicted octanol–water partition coefficient (Wildman–Crippen LogP) is 1.46. The molecule has 1 aliphatic rings. The highest BCUT2D eigenvalue weighted by molar-refractivity contribution is 8.02. The minimum Gasteiger partial charge on any atom is -0.398 e. The Balaban J connectivity index is 2.13. The topological polar surface area (TPSA) is 103 Å². The Morgan fingerprint density at radius 3 is 2.67 bits per heavy atom. The van der Waals surface area contributed by atoms with Gasteiger partial charge in [0, 0.05) is 22.3 Å². The molecule has 0 aliphatic carbocycles. The van der Waals surface area contributed by atoms with E-state index in [9.17, 15) is 18.5 Å². The van der Waals surface area contributed by atoms with Crippen LogP contribution in [0.2, 0.25) is 0 Å². The van der Waals surface area contributed by atoms with Gasteiger partial charge in [-0.15, -0.1) is 11.8 Å². The molecule has 1 aromatic carbocycles. The molecular weight excluding hydrogens is 276 g/mol. The molecule has 1 fully saturated rings. The summed E-state index contributed by atoms with van der Waals surface area (Å²) in [5.41, 5.74) is 5.99. The monoisotopic (exact) mass is 288 g/mol. The van der Waals surface area contributed by atoms with Crippen molar-refractivity contribution in [3.63, 3.8) is 0 Å². The van der Waals surface area contributed by atoms with Gasteiger partial charge in [-0.05, 0) is 12.5 Å². The number of nitro benzene ring substituents is 1. The molecule has 1 saturated heterocycles. The van der Waals surface area contributed by atoms with Gasteiger partial charge in [-0.2, -0.15) is 0 Å². The molecule has 98 valence electrons. The number of anilines is 1. The van der Waals surface area contributed by atoms with Gasteiger partial charge in [0.1, 0.15) is 0 Å². The van der Waals surface area contributed by atoms with Crippen molar-refractivity contribution < 1.29 is 13.3 Å². The van der Waals surface area contributed by atoms with Crippen LogP contribution in [0.15, 0.2) is 23.1 Å². The molecule has 8 heteroatoms. The first kappa shape index (κ1) is 13.2. The van der Waals surface area contributed by atoms with Gasteiger partial charge in [0.2, 0.25) is 0 Å². The molecule has 1 atom stereocenters. The van der Waals surface area contributed by atoms with Crippen molar-refractivity contribution in [2.75, 3.05) is 17.2 Å². The number of nitrogen functional groups attached to an aromatic ring is 1. The van der Waals surface area contributed by atoms with Crippen molar-refractivity contribution in [2.45, 2.75) is 16.6 Å². The highest BCUT2D eigenvalue weighted by Gasteiger charge is 2.29. The number of benzene rings is 1. The minimum absolute atomic E-state index is 0.0150. The summed E-state index contributed by atoms with van der Waals surface area (Å²) in [6, 6.07) is 4.25. The van der Waals surface area contributed by atoms with E-state index in [-0.39, 0.29) is 22.4 Å². The van der Waals surface area contributed by atoms with Crippen LogP contribution < -0.4 is 5.73 Å². The summed E-state index contributed by atoms with van der Waals surface area (Å²) in [6.45, 7) is 0. The first-order valence-electron chi connectivity index (χ1n) is 5.28. The van der Waals surface area contributed by atoms with Gasteiger partial charge >= 0.3 is 0 Å². The second kappa shape index (κ2) is 4.77. The third-order valence-electron chi connectivity index (χ3n) is 2.69. The molecule has 0 saturated carbocycles. The molecule has 0 amide bonds. The Hall–Kier alpha value is -1.28. The number of nitro groups is 1. The average molecular weight is 288 g/mol. The number of thioether (sulfide) groups is 1. The molecule has 2 rings (SSSR count). The van der Waals surface area contributed by atoms with Crippen LogP contribution in [0.25, 0.3) is 0 Å². The molecule has 6 nitrogen and oxygen atoms in total. The van der Waals surface area contributed by atoms with Gasteiger partial charge in [-0.1, -0.05) is 0 Å². The number of non-ortho nitro benzene ring substituents is 1. The van der Waals surface area contributed by atoms with Crippen molar-refractivity contribution in [3.05, 3.63) is 28.3 Å². The van der Waals surface area contributed by atoms with Gasteiger partial charge < -0.3 is 5.73 Å². The van der Waals surface area contributed by atoms with Crippen molar-refractivity contribution in [1.29, 1.82) is 0 Å². The number of nitrogens with zero attached hydrogens (tertiary/aromatic N) is 1. The van der Waals surface area contributed by atoms with Crippen LogP contribution in [0, 0.1) is 10.1 Å². The average Bonchev–Trinajstić information content (AvgIpc) is 2.61. The third-order valence-corrected chi connectivity index (χ3v) is 6.03. The molecule has 0 aromatic heterocycles. The zero-order chi connectivity index (χ0) is 13.3. The smallest absolute Gasteiger partial charge is 0.271 e. The lowest BCUT2D eigenvalue weighted by atomic mass is 10.3. The summed E-state index contributed by atoms with van der Waals surface area (Å²) in [5, 5.41) is 10.5. The molecule has 18 heavy (non-hydrogen) atoms. The SMILES string of the molecule is Nc1cc([N+](=O)[O-])ccc1SC1CCS(=O)(=O)C1. The summed E-state index contributed by atoms with van der Waals surface area (Å²) in [5.74, 6) is 0.353. The van der Waals surface area contributed by atoms with Crippen LogP contribution in [-0.4, -0.2) is 30.1 Å². The summed E-state index contributed by atoms with van der Waals surface area (Å²) in [6.07, 6.45) is 0.601. The first-order valence-corrected chi connectivity index (χ1v) is 7.98. The standard InChI is InChI=1S/C10H12N2O4S2/c11-9-5-7(12(13)14)1-2-10(9)17-8-3-4-18(15,16)6-8/h1-2,5,8H,3-4,6,11H2. The van der Waals surface area contributed by atoms with E-state index in [1.807, 2.05) is 0 Å². The Kier molecular flexibility index (Phi) is 3.49. The minimum atomic E-state index is -2.92. The summed E-state index contributed by atoms with van der Waals surface area (Å²) in [7, 11) is -2.92. The zero-order valence-corrected chi connectivity index (χ0v) is 11.0. The van der Waals surface area contributed by atoms with E-state index in [1.54, 1.807) is 6.07 Å². The molecule has 1 aliphatic heterocycles. The lowest BCUT2D eigenvalue weighted by Crippen LogP contribution is -2.06. The normalized spacial score (nSPS) is 21.9. The largest absolute Gasteiger partial charge is 0.398 e. The van der Waals surface area contributed by atoms with Crippen LogP contribution >= 0.6 is 11.8 Å². The van der Waals surface area contributed by atoms with Crippen molar-refractivity contribution >= 4 is 33.0 Å². The van der Waals surface area contributed by atoms with Crippen molar-refractivity contribution in [3.8, 4) is 0 Å². The van der Waals surface area contributed by atoms with Gasteiger partial charge in [-0.25, -0.2) is 8.42 Å². The fraction of sp³-hybridized carbons (Fsp3) is 0.400. The van der Waals surface area contributed by atoms with Crippen molar-refractivity contribution in [2.24, 2.45) is 0 Å². The lowest BCUT2D eigenvalue weighted by Gasteiger charge is -2.09. The van der Waals surface area contributed by atoms with Crippen LogP contribution in [0.5, 0.6) is 0 Å². The molecule has 0 bridgehead atoms. The molecule has 1 unspecified atom stereocenters. The molecule has 1 heterocycles. The van der Waals surface area contributed by atoms with Gasteiger partial charge in [0.15, 0.2) is 9.84 Å². The van der Waals surface area contributed by atoms with Crippen LogP contribution in [0.4, 0.5) is 11.4 Å². The van der Waals surface area contributed by atoms with Crippen LogP contribution in [-0.2, 0) is 9.84 Å². The van der Waals surface area contributed by atoms with E-state index in [4.69, 9.17) is 5.73 Å². The Bertz CT molecular complexity index is 586. The maximum atomic E-state index is 11.3. The Morgan fingerprint density at radius 1 is 1.44 bits per heavy atom. The van der Waals surface area contributed by atoms with E-state index in [1.165, 1.54) is 23.9 Å². The maximum Gasteiger partial charge on any atom is 0.271 e. The quantitative estimate of drug-likeness (QED) is 0.513. The zero-order valence-electron chi connectivity index (χ0n) is 9.40. The van der Waals surface area contributed by atoms with Gasteiger partial charge in [-0.3, -0.25) is 10.1 Å². The fourth-order valence-electron chi connectivity index (χ4n) is 1.79. The number of sulfone groups is 1. The highest BCUT2D eigenvalue weighted by atomic mass is 32.2. The highest BCUT2D eigenvalue weighted by Crippen LogP contribution is 2.35. The third kappa shape index (κ3) is 2.94. The van der Waals surface area contributed by atoms with Crippen LogP contribution in [0.3, 0.4) is 0 Å². The number of hydrogen-bond acceptors (Lipinski definition) is 6. The van der Waals surface area contributed by atoms with E-state index < -0.39 is 14.8 Å². The molecule has 0 radical (unpaired) electrons. The second-order valence-electron chi connectivity index (χ2n) is 4.12. The van der Waals surface area contributed by atoms with E-state index >= 15 is 0 Å². The lowest BCUT2D eigenvalue weighted by molar-refractivity contribution is -0.384. The molecule has 2 N–H and O–H groups in total. The number of rotatable bonds is 3. The van der Waals surface area contributed by atoms with Gasteiger partial charge in [0.25, 0.3) is 5.69 Å².